The van der Waals surface area contributed by atoms with Crippen molar-refractivity contribution in [1.82, 2.24) is 5.32 Å². The van der Waals surface area contributed by atoms with Gasteiger partial charge >= 0.3 is 6.09 Å². The summed E-state index contributed by atoms with van der Waals surface area (Å²) in [4.78, 5) is 22.0. The van der Waals surface area contributed by atoms with Gasteiger partial charge in [-0.3, -0.25) is 10.1 Å². The number of hydrogen-bond acceptors (Lipinski definition) is 4. The van der Waals surface area contributed by atoms with Crippen LogP contribution in [0.3, 0.4) is 0 Å². The first-order valence-electron chi connectivity index (χ1n) is 4.08. The zero-order valence-corrected chi connectivity index (χ0v) is 8.38. The van der Waals surface area contributed by atoms with E-state index in [1.54, 1.807) is 26.8 Å². The molecule has 0 heterocycles. The minimum Gasteiger partial charge on any atom is -0.450 e. The normalized spacial score (nSPS) is 8.43. The summed E-state index contributed by atoms with van der Waals surface area (Å²) in [6, 6.07) is 1.71. The van der Waals surface area contributed by atoms with Crippen molar-refractivity contribution in [2.24, 2.45) is 0 Å². The van der Waals surface area contributed by atoms with Gasteiger partial charge < -0.3 is 4.74 Å². The molecule has 2 amide bonds. The molecule has 0 spiro atoms. The minimum absolute atomic E-state index is 0.0712. The van der Waals surface area contributed by atoms with Crippen LogP contribution in [-0.4, -0.2) is 18.6 Å². The topological polar surface area (TPSA) is 79.2 Å². The summed E-state index contributed by atoms with van der Waals surface area (Å²) in [5.74, 6) is -0.731. The number of nitrogens with one attached hydrogen (secondary N) is 1. The highest BCUT2D eigenvalue weighted by Crippen LogP contribution is 2.01. The minimum atomic E-state index is -0.841. The van der Waals surface area contributed by atoms with E-state index >= 15 is 0 Å². The Kier molecular flexibility index (Phi) is 5.00. The van der Waals surface area contributed by atoms with E-state index in [0.717, 1.165) is 0 Å². The van der Waals surface area contributed by atoms with Crippen LogP contribution in [0, 0.1) is 11.3 Å². The summed E-state index contributed by atoms with van der Waals surface area (Å²) < 4.78 is 4.48. The van der Waals surface area contributed by atoms with Gasteiger partial charge in [-0.15, -0.1) is 0 Å². The second-order valence-electron chi connectivity index (χ2n) is 2.66. The molecular formula is C9H12N2O3. The van der Waals surface area contributed by atoms with Crippen LogP contribution in [0.2, 0.25) is 0 Å². The Balaban J connectivity index is 4.44. The van der Waals surface area contributed by atoms with Crippen LogP contribution in [0.15, 0.2) is 11.1 Å². The molecule has 0 saturated carbocycles. The van der Waals surface area contributed by atoms with Gasteiger partial charge in [-0.25, -0.2) is 4.79 Å². The predicted octanol–water partition coefficient (Wildman–Crippen LogP) is 1.12. The summed E-state index contributed by atoms with van der Waals surface area (Å²) in [6.07, 6.45) is -0.841. The molecule has 0 unspecified atom stereocenters. The third-order valence-corrected chi connectivity index (χ3v) is 1.33. The number of imide groups is 1. The van der Waals surface area contributed by atoms with Crippen molar-refractivity contribution in [3.63, 3.8) is 0 Å². The van der Waals surface area contributed by atoms with E-state index in [1.165, 1.54) is 0 Å². The average molecular weight is 196 g/mol. The first-order chi connectivity index (χ1) is 6.52. The van der Waals surface area contributed by atoms with E-state index in [4.69, 9.17) is 5.26 Å². The zero-order valence-electron chi connectivity index (χ0n) is 8.38. The van der Waals surface area contributed by atoms with Gasteiger partial charge in [0.1, 0.15) is 11.6 Å². The Morgan fingerprint density at radius 1 is 1.43 bits per heavy atom. The average Bonchev–Trinajstić information content (AvgIpc) is 2.04. The highest BCUT2D eigenvalue weighted by Gasteiger charge is 2.14. The number of rotatable bonds is 2. The number of nitriles is 1. The summed E-state index contributed by atoms with van der Waals surface area (Å²) in [7, 11) is 0. The Morgan fingerprint density at radius 2 is 2.00 bits per heavy atom. The molecule has 0 radical (unpaired) electrons. The van der Waals surface area contributed by atoms with Gasteiger partial charge in [0.05, 0.1) is 6.61 Å². The SMILES string of the molecule is CCOC(=O)NC(=O)C(C#N)=C(C)C. The fraction of sp³-hybridized carbons (Fsp3) is 0.444. The largest absolute Gasteiger partial charge is 0.450 e. The highest BCUT2D eigenvalue weighted by molar-refractivity contribution is 6.05. The molecule has 0 aliphatic heterocycles. The molecule has 0 saturated heterocycles. The lowest BCUT2D eigenvalue weighted by Gasteiger charge is -2.03. The maximum Gasteiger partial charge on any atom is 0.414 e. The van der Waals surface area contributed by atoms with E-state index in [2.05, 4.69) is 4.74 Å². The van der Waals surface area contributed by atoms with Crippen LogP contribution in [0.5, 0.6) is 0 Å². The van der Waals surface area contributed by atoms with Crippen LogP contribution in [0.1, 0.15) is 20.8 Å². The van der Waals surface area contributed by atoms with E-state index in [0.29, 0.717) is 5.57 Å². The number of amides is 2. The molecule has 0 bridgehead atoms. The van der Waals surface area contributed by atoms with Gasteiger partial charge in [0.2, 0.25) is 0 Å². The van der Waals surface area contributed by atoms with Gasteiger partial charge in [0.25, 0.3) is 5.91 Å². The van der Waals surface area contributed by atoms with E-state index < -0.39 is 12.0 Å². The fourth-order valence-electron chi connectivity index (χ4n) is 0.712. The number of allylic oxidation sites excluding steroid dienone is 1. The van der Waals surface area contributed by atoms with Crippen LogP contribution < -0.4 is 5.32 Å². The van der Waals surface area contributed by atoms with Crippen LogP contribution in [0.25, 0.3) is 0 Å². The summed E-state index contributed by atoms with van der Waals surface area (Å²) >= 11 is 0. The molecule has 0 rings (SSSR count). The molecule has 0 aromatic carbocycles. The van der Waals surface area contributed by atoms with Crippen LogP contribution in [0.4, 0.5) is 4.79 Å². The maximum atomic E-state index is 11.2. The molecule has 5 heteroatoms. The molecule has 0 aliphatic rings. The fourth-order valence-corrected chi connectivity index (χ4v) is 0.712. The second-order valence-corrected chi connectivity index (χ2v) is 2.66. The van der Waals surface area contributed by atoms with Crippen LogP contribution >= 0.6 is 0 Å². The van der Waals surface area contributed by atoms with Crippen molar-refractivity contribution in [2.75, 3.05) is 6.61 Å². The molecule has 0 atom stereocenters. The molecular weight excluding hydrogens is 184 g/mol. The molecule has 1 N–H and O–H groups in total. The van der Waals surface area contributed by atoms with E-state index in [9.17, 15) is 9.59 Å². The van der Waals surface area contributed by atoms with Gasteiger partial charge in [0.15, 0.2) is 0 Å². The molecule has 0 aliphatic carbocycles. The Bertz CT molecular complexity index is 309. The van der Waals surface area contributed by atoms with Crippen molar-refractivity contribution < 1.29 is 14.3 Å². The van der Waals surface area contributed by atoms with Crippen LogP contribution in [-0.2, 0) is 9.53 Å². The highest BCUT2D eigenvalue weighted by atomic mass is 16.5. The zero-order chi connectivity index (χ0) is 11.1. The van der Waals surface area contributed by atoms with Crippen molar-refractivity contribution in [3.05, 3.63) is 11.1 Å². The lowest BCUT2D eigenvalue weighted by molar-refractivity contribution is -0.116. The lowest BCUT2D eigenvalue weighted by Crippen LogP contribution is -2.32. The number of alkyl carbamates (subject to hydrolysis) is 1. The van der Waals surface area contributed by atoms with Gasteiger partial charge in [-0.1, -0.05) is 5.57 Å². The maximum absolute atomic E-state index is 11.2. The van der Waals surface area contributed by atoms with Crippen molar-refractivity contribution in [3.8, 4) is 6.07 Å². The van der Waals surface area contributed by atoms with Crippen molar-refractivity contribution in [1.29, 1.82) is 5.26 Å². The summed E-state index contributed by atoms with van der Waals surface area (Å²) in [5.41, 5.74) is 0.479. The molecule has 76 valence electrons. The number of hydrogen-bond donors (Lipinski definition) is 1. The molecule has 0 aromatic rings. The lowest BCUT2D eigenvalue weighted by atomic mass is 10.1. The molecule has 0 fully saturated rings. The third-order valence-electron chi connectivity index (χ3n) is 1.33. The molecule has 0 aromatic heterocycles. The monoisotopic (exact) mass is 196 g/mol. The van der Waals surface area contributed by atoms with Gasteiger partial charge in [0, 0.05) is 0 Å². The number of nitrogens with zero attached hydrogens (tertiary/aromatic N) is 1. The van der Waals surface area contributed by atoms with Gasteiger partial charge in [-0.2, -0.15) is 5.26 Å². The Hall–Kier alpha value is -1.83. The first-order valence-corrected chi connectivity index (χ1v) is 4.08. The quantitative estimate of drug-likeness (QED) is 0.530. The van der Waals surface area contributed by atoms with E-state index in [1.807, 2.05) is 5.32 Å². The van der Waals surface area contributed by atoms with Gasteiger partial charge in [-0.05, 0) is 20.8 Å². The number of carbonyl (C=O) groups is 2. The standard InChI is InChI=1S/C9H12N2O3/c1-4-14-9(13)11-8(12)7(5-10)6(2)3/h4H2,1-3H3,(H,11,12,13). The smallest absolute Gasteiger partial charge is 0.414 e. The Labute approximate surface area is 82.3 Å². The molecule has 14 heavy (non-hydrogen) atoms. The molecule has 5 nitrogen and oxygen atoms in total. The Morgan fingerprint density at radius 3 is 2.36 bits per heavy atom. The number of carbonyl (C=O) groups excluding carboxylic acids is 2. The summed E-state index contributed by atoms with van der Waals surface area (Å²) in [6.45, 7) is 5.03. The predicted molar refractivity (Wildman–Crippen MR) is 49.2 cm³/mol. The third kappa shape index (κ3) is 3.72. The summed E-state index contributed by atoms with van der Waals surface area (Å²) in [5, 5.41) is 10.5. The van der Waals surface area contributed by atoms with Crippen molar-refractivity contribution in [2.45, 2.75) is 20.8 Å². The second kappa shape index (κ2) is 5.75. The van der Waals surface area contributed by atoms with E-state index in [-0.39, 0.29) is 12.2 Å². The first kappa shape index (κ1) is 12.2. The number of ether oxygens (including phenoxy) is 1. The van der Waals surface area contributed by atoms with Crippen molar-refractivity contribution >= 4 is 12.0 Å².